The molecular formula is C19H20N8O6. The van der Waals surface area contributed by atoms with Gasteiger partial charge in [0.25, 0.3) is 11.5 Å². The molecule has 1 amide bonds. The van der Waals surface area contributed by atoms with Gasteiger partial charge in [0.1, 0.15) is 6.04 Å². The highest BCUT2D eigenvalue weighted by atomic mass is 16.4. The third-order valence-electron chi connectivity index (χ3n) is 4.58. The van der Waals surface area contributed by atoms with Crippen LogP contribution in [0.2, 0.25) is 0 Å². The van der Waals surface area contributed by atoms with Crippen molar-refractivity contribution in [3.05, 3.63) is 52.1 Å². The normalized spacial score (nSPS) is 11.7. The number of fused-ring (bicyclic) bond motifs is 1. The highest BCUT2D eigenvalue weighted by molar-refractivity contribution is 5.96. The lowest BCUT2D eigenvalue weighted by Gasteiger charge is -2.23. The van der Waals surface area contributed by atoms with Crippen molar-refractivity contribution in [2.75, 3.05) is 11.1 Å². The van der Waals surface area contributed by atoms with Crippen LogP contribution in [0.4, 0.5) is 11.6 Å². The topological polar surface area (TPSA) is 231 Å². The summed E-state index contributed by atoms with van der Waals surface area (Å²) in [6.07, 6.45) is 0.659. The number of hydrogen-bond donors (Lipinski definition) is 6. The molecule has 33 heavy (non-hydrogen) atoms. The Morgan fingerprint density at radius 2 is 1.85 bits per heavy atom. The summed E-state index contributed by atoms with van der Waals surface area (Å²) in [7, 11) is 0. The average molecular weight is 456 g/mol. The van der Waals surface area contributed by atoms with Crippen LogP contribution in [0.1, 0.15) is 28.9 Å². The highest BCUT2D eigenvalue weighted by Gasteiger charge is 2.28. The highest BCUT2D eigenvalue weighted by Crippen LogP contribution is 2.14. The van der Waals surface area contributed by atoms with Gasteiger partial charge in [-0.05, 0) is 30.7 Å². The quantitative estimate of drug-likeness (QED) is 0.136. The van der Waals surface area contributed by atoms with Crippen molar-refractivity contribution >= 4 is 40.6 Å². The number of carbonyl (C=O) groups excluding carboxylic acids is 1. The molecular weight excluding hydrogens is 436 g/mol. The summed E-state index contributed by atoms with van der Waals surface area (Å²) in [5.74, 6) is 2.23. The molecule has 172 valence electrons. The van der Waals surface area contributed by atoms with E-state index in [1.807, 2.05) is 0 Å². The summed E-state index contributed by atoms with van der Waals surface area (Å²) >= 11 is 0. The van der Waals surface area contributed by atoms with Gasteiger partial charge < -0.3 is 21.3 Å². The van der Waals surface area contributed by atoms with E-state index in [-0.39, 0.29) is 35.6 Å². The molecule has 0 saturated heterocycles. The van der Waals surface area contributed by atoms with Crippen LogP contribution in [0.5, 0.6) is 0 Å². The summed E-state index contributed by atoms with van der Waals surface area (Å²) < 4.78 is 0. The van der Waals surface area contributed by atoms with Crippen LogP contribution < -0.4 is 22.5 Å². The number of rotatable bonds is 9. The van der Waals surface area contributed by atoms with E-state index in [0.717, 1.165) is 0 Å². The van der Waals surface area contributed by atoms with E-state index < -0.39 is 35.9 Å². The molecule has 3 aromatic rings. The van der Waals surface area contributed by atoms with E-state index in [9.17, 15) is 24.3 Å². The number of carbonyl (C=O) groups is 3. The maximum absolute atomic E-state index is 12.5. The number of hydrogen-bond acceptors (Lipinski definition) is 10. The second-order valence-electron chi connectivity index (χ2n) is 6.91. The number of nitrogens with zero attached hydrogens (tertiary/aromatic N) is 4. The molecule has 3 rings (SSSR count). The first-order valence-corrected chi connectivity index (χ1v) is 9.54. The average Bonchev–Trinajstić information content (AvgIpc) is 2.77. The Kier molecular flexibility index (Phi) is 6.78. The Bertz CT molecular complexity index is 1260. The van der Waals surface area contributed by atoms with Gasteiger partial charge in [0.15, 0.2) is 11.2 Å². The van der Waals surface area contributed by atoms with E-state index in [0.29, 0.717) is 16.4 Å². The maximum Gasteiger partial charge on any atom is 0.328 e. The number of anilines is 2. The van der Waals surface area contributed by atoms with Crippen molar-refractivity contribution in [2.24, 2.45) is 5.84 Å². The minimum atomic E-state index is -1.48. The van der Waals surface area contributed by atoms with Crippen LogP contribution >= 0.6 is 0 Å². The van der Waals surface area contributed by atoms with Crippen molar-refractivity contribution in [1.82, 2.24) is 24.9 Å². The smallest absolute Gasteiger partial charge is 0.328 e. The number of carboxylic acids is 2. The molecule has 0 fully saturated rings. The van der Waals surface area contributed by atoms with E-state index in [2.05, 4.69) is 25.3 Å². The summed E-state index contributed by atoms with van der Waals surface area (Å²) in [6.45, 7) is 0.208. The second kappa shape index (κ2) is 9.69. The zero-order valence-electron chi connectivity index (χ0n) is 17.1. The number of nitrogens with one attached hydrogen (secondary N) is 2. The number of amides is 1. The van der Waals surface area contributed by atoms with Gasteiger partial charge in [-0.1, -0.05) is 0 Å². The van der Waals surface area contributed by atoms with Gasteiger partial charge >= 0.3 is 11.9 Å². The number of nitrogen functional groups attached to an aromatic ring is 1. The number of nitrogens with two attached hydrogens (primary N) is 2. The van der Waals surface area contributed by atoms with E-state index in [1.54, 1.807) is 12.1 Å². The van der Waals surface area contributed by atoms with Crippen LogP contribution in [0.3, 0.4) is 0 Å². The van der Waals surface area contributed by atoms with Gasteiger partial charge in [-0.15, -0.1) is 0 Å². The summed E-state index contributed by atoms with van der Waals surface area (Å²) in [5.41, 5.74) is 6.30. The van der Waals surface area contributed by atoms with Gasteiger partial charge in [-0.25, -0.2) is 20.6 Å². The summed E-state index contributed by atoms with van der Waals surface area (Å²) in [5, 5.41) is 21.6. The standard InChI is InChI=1S/C19H20N8O6/c20-19-25-15-14(16(30)26-19)24-11(8-23-15)7-22-10-3-1-9(2-4-10)17(31)27(21)12(18(32)33)5-6-13(28)29/h1-4,8,12,22H,5-7,21H2,(H,28,29)(H,32,33)(H3,20,23,25,26,30). The third kappa shape index (κ3) is 5.56. The van der Waals surface area contributed by atoms with Crippen LogP contribution in [-0.2, 0) is 16.1 Å². The molecule has 14 heteroatoms. The predicted molar refractivity (Wildman–Crippen MR) is 115 cm³/mol. The number of aliphatic carboxylic acids is 2. The van der Waals surface area contributed by atoms with Crippen LogP contribution in [-0.4, -0.2) is 59.0 Å². The zero-order valence-corrected chi connectivity index (χ0v) is 17.1. The molecule has 0 bridgehead atoms. The minimum Gasteiger partial charge on any atom is -0.481 e. The van der Waals surface area contributed by atoms with Gasteiger partial charge in [0.05, 0.1) is 18.4 Å². The lowest BCUT2D eigenvalue weighted by molar-refractivity contribution is -0.143. The fourth-order valence-electron chi connectivity index (χ4n) is 2.91. The first-order valence-electron chi connectivity index (χ1n) is 9.54. The van der Waals surface area contributed by atoms with Crippen molar-refractivity contribution in [3.8, 4) is 0 Å². The number of benzene rings is 1. The Labute approximate surface area is 185 Å². The molecule has 1 aromatic carbocycles. The Morgan fingerprint density at radius 1 is 1.15 bits per heavy atom. The first kappa shape index (κ1) is 23.1. The van der Waals surface area contributed by atoms with Crippen molar-refractivity contribution in [3.63, 3.8) is 0 Å². The maximum atomic E-state index is 12.5. The monoisotopic (exact) mass is 456 g/mol. The Morgan fingerprint density at radius 3 is 2.48 bits per heavy atom. The van der Waals surface area contributed by atoms with Crippen LogP contribution in [0, 0.1) is 0 Å². The number of carboxylic acid groups (broad SMARTS) is 2. The van der Waals surface area contributed by atoms with Gasteiger partial charge in [-0.2, -0.15) is 4.98 Å². The van der Waals surface area contributed by atoms with Gasteiger partial charge in [0, 0.05) is 17.7 Å². The molecule has 0 aliphatic rings. The molecule has 0 aliphatic heterocycles. The minimum absolute atomic E-state index is 0.0448. The lowest BCUT2D eigenvalue weighted by Crippen LogP contribution is -2.49. The Hall–Kier alpha value is -4.59. The van der Waals surface area contributed by atoms with Gasteiger partial charge in [-0.3, -0.25) is 24.4 Å². The molecule has 0 radical (unpaired) electrons. The van der Waals surface area contributed by atoms with Gasteiger partial charge in [0.2, 0.25) is 5.95 Å². The molecule has 0 saturated carbocycles. The summed E-state index contributed by atoms with van der Waals surface area (Å²) in [4.78, 5) is 61.0. The fourth-order valence-corrected chi connectivity index (χ4v) is 2.91. The number of hydrazine groups is 1. The van der Waals surface area contributed by atoms with Crippen molar-refractivity contribution in [1.29, 1.82) is 0 Å². The van der Waals surface area contributed by atoms with Crippen molar-refractivity contribution in [2.45, 2.75) is 25.4 Å². The molecule has 0 aliphatic carbocycles. The number of H-pyrrole nitrogens is 1. The molecule has 1 atom stereocenters. The molecule has 0 spiro atoms. The first-order chi connectivity index (χ1) is 15.7. The number of aromatic amines is 1. The van der Waals surface area contributed by atoms with Crippen molar-refractivity contribution < 1.29 is 24.6 Å². The predicted octanol–water partition coefficient (Wildman–Crippen LogP) is -0.459. The molecule has 8 N–H and O–H groups in total. The zero-order chi connectivity index (χ0) is 24.1. The van der Waals surface area contributed by atoms with Crippen LogP contribution in [0.25, 0.3) is 11.2 Å². The lowest BCUT2D eigenvalue weighted by atomic mass is 10.1. The fraction of sp³-hybridized carbons (Fsp3) is 0.211. The molecule has 2 aromatic heterocycles. The Balaban J connectivity index is 1.66. The van der Waals surface area contributed by atoms with Crippen LogP contribution in [0.15, 0.2) is 35.3 Å². The molecule has 2 heterocycles. The molecule has 14 nitrogen and oxygen atoms in total. The van der Waals surface area contributed by atoms with E-state index in [4.69, 9.17) is 16.7 Å². The van der Waals surface area contributed by atoms with E-state index >= 15 is 0 Å². The second-order valence-corrected chi connectivity index (χ2v) is 6.91. The molecule has 1 unspecified atom stereocenters. The SMILES string of the molecule is Nc1nc2ncc(CNc3ccc(C(=O)N(N)C(CCC(=O)O)C(=O)O)cc3)nc2c(=O)[nH]1. The number of aromatic nitrogens is 4. The van der Waals surface area contributed by atoms with E-state index in [1.165, 1.54) is 18.3 Å². The summed E-state index contributed by atoms with van der Waals surface area (Å²) in [6, 6.07) is 4.52. The largest absolute Gasteiger partial charge is 0.481 e. The third-order valence-corrected chi connectivity index (χ3v) is 4.58.